The summed E-state index contributed by atoms with van der Waals surface area (Å²) in [5, 5.41) is 11.6. The quantitative estimate of drug-likeness (QED) is 0.756. The Balaban J connectivity index is 2.13. The molecule has 1 saturated heterocycles. The Bertz CT molecular complexity index is 723. The molecule has 0 radical (unpaired) electrons. The van der Waals surface area contributed by atoms with E-state index >= 15 is 0 Å². The maximum absolute atomic E-state index is 12.5. The van der Waals surface area contributed by atoms with Gasteiger partial charge < -0.3 is 15.2 Å². The third-order valence-corrected chi connectivity index (χ3v) is 5.86. The van der Waals surface area contributed by atoms with Crippen molar-refractivity contribution in [2.75, 3.05) is 26.3 Å². The molecule has 0 spiro atoms. The highest BCUT2D eigenvalue weighted by Crippen LogP contribution is 2.18. The second-order valence-electron chi connectivity index (χ2n) is 6.07. The number of benzene rings is 1. The third-order valence-electron chi connectivity index (χ3n) is 3.94. The lowest BCUT2D eigenvalue weighted by Gasteiger charge is -2.26. The van der Waals surface area contributed by atoms with Gasteiger partial charge in [-0.05, 0) is 30.2 Å². The highest BCUT2D eigenvalue weighted by molar-refractivity contribution is 7.89. The summed E-state index contributed by atoms with van der Waals surface area (Å²) in [6, 6.07) is 4.45. The lowest BCUT2D eigenvalue weighted by atomic mass is 10.0. The van der Waals surface area contributed by atoms with Gasteiger partial charge in [-0.15, -0.1) is 0 Å². The Morgan fingerprint density at radius 3 is 2.20 bits per heavy atom. The molecule has 1 aromatic carbocycles. The maximum Gasteiger partial charge on any atom is 0.326 e. The Kier molecular flexibility index (Phi) is 6.15. The monoisotopic (exact) mass is 370 g/mol. The number of aliphatic carboxylic acids is 1. The molecular formula is C16H22N2O6S. The van der Waals surface area contributed by atoms with Crippen molar-refractivity contribution in [1.82, 2.24) is 9.62 Å². The van der Waals surface area contributed by atoms with Crippen molar-refractivity contribution < 1.29 is 27.9 Å². The van der Waals surface area contributed by atoms with E-state index in [0.29, 0.717) is 26.3 Å². The van der Waals surface area contributed by atoms with Gasteiger partial charge in [0.05, 0.1) is 18.1 Å². The molecular weight excluding hydrogens is 348 g/mol. The van der Waals surface area contributed by atoms with E-state index in [9.17, 15) is 18.0 Å². The average Bonchev–Trinajstić information content (AvgIpc) is 2.59. The number of hydrogen-bond acceptors (Lipinski definition) is 5. The zero-order valence-corrected chi connectivity index (χ0v) is 15.0. The summed E-state index contributed by atoms with van der Waals surface area (Å²) in [5.74, 6) is -1.95. The molecule has 0 aromatic heterocycles. The SMILES string of the molecule is CC(C)[C@@H](NC(=O)c1ccc(S(=O)(=O)N2CCOCC2)cc1)C(=O)O. The highest BCUT2D eigenvalue weighted by Gasteiger charge is 2.27. The fourth-order valence-electron chi connectivity index (χ4n) is 2.45. The number of carboxylic acids is 1. The number of rotatable bonds is 6. The van der Waals surface area contributed by atoms with Crippen molar-refractivity contribution in [3.63, 3.8) is 0 Å². The van der Waals surface area contributed by atoms with Crippen molar-refractivity contribution >= 4 is 21.9 Å². The number of carbonyl (C=O) groups is 2. The molecule has 138 valence electrons. The van der Waals surface area contributed by atoms with Crippen LogP contribution in [0.3, 0.4) is 0 Å². The Morgan fingerprint density at radius 1 is 1.16 bits per heavy atom. The Labute approximate surface area is 146 Å². The van der Waals surface area contributed by atoms with Gasteiger partial charge in [-0.1, -0.05) is 13.8 Å². The molecule has 1 fully saturated rings. The standard InChI is InChI=1S/C16H22N2O6S/c1-11(2)14(16(20)21)17-15(19)12-3-5-13(6-4-12)25(22,23)18-7-9-24-10-8-18/h3-6,11,14H,7-10H2,1-2H3,(H,17,19)(H,20,21)/t14-/m1/s1. The molecule has 1 heterocycles. The lowest BCUT2D eigenvalue weighted by Crippen LogP contribution is -2.44. The van der Waals surface area contributed by atoms with Gasteiger partial charge in [-0.3, -0.25) is 4.79 Å². The summed E-state index contributed by atoms with van der Waals surface area (Å²) < 4.78 is 31.5. The van der Waals surface area contributed by atoms with E-state index in [1.807, 2.05) is 0 Å². The molecule has 1 amide bonds. The van der Waals surface area contributed by atoms with Crippen molar-refractivity contribution in [3.05, 3.63) is 29.8 Å². The predicted molar refractivity (Wildman–Crippen MR) is 89.7 cm³/mol. The van der Waals surface area contributed by atoms with Crippen LogP contribution in [0.2, 0.25) is 0 Å². The molecule has 1 aromatic rings. The van der Waals surface area contributed by atoms with Crippen LogP contribution in [0, 0.1) is 5.92 Å². The lowest BCUT2D eigenvalue weighted by molar-refractivity contribution is -0.140. The van der Waals surface area contributed by atoms with Gasteiger partial charge in [0.25, 0.3) is 5.91 Å². The first-order valence-corrected chi connectivity index (χ1v) is 9.39. The largest absolute Gasteiger partial charge is 0.480 e. The molecule has 2 N–H and O–H groups in total. The summed E-state index contributed by atoms with van der Waals surface area (Å²) >= 11 is 0. The number of carbonyl (C=O) groups excluding carboxylic acids is 1. The predicted octanol–water partition coefficient (Wildman–Crippen LogP) is 0.547. The van der Waals surface area contributed by atoms with E-state index in [1.165, 1.54) is 28.6 Å². The van der Waals surface area contributed by atoms with Crippen molar-refractivity contribution in [1.29, 1.82) is 0 Å². The highest BCUT2D eigenvalue weighted by atomic mass is 32.2. The number of ether oxygens (including phenoxy) is 1. The summed E-state index contributed by atoms with van der Waals surface area (Å²) in [7, 11) is -3.63. The summed E-state index contributed by atoms with van der Waals surface area (Å²) in [6.07, 6.45) is 0. The Hall–Kier alpha value is -1.97. The second-order valence-corrected chi connectivity index (χ2v) is 8.01. The normalized spacial score (nSPS) is 17.2. The average molecular weight is 370 g/mol. The minimum absolute atomic E-state index is 0.0876. The zero-order chi connectivity index (χ0) is 18.6. The van der Waals surface area contributed by atoms with Gasteiger partial charge in [0, 0.05) is 18.7 Å². The number of morpholine rings is 1. The van der Waals surface area contributed by atoms with Crippen LogP contribution in [0.4, 0.5) is 0 Å². The first-order chi connectivity index (χ1) is 11.7. The van der Waals surface area contributed by atoms with E-state index in [1.54, 1.807) is 13.8 Å². The number of nitrogens with one attached hydrogen (secondary N) is 1. The molecule has 25 heavy (non-hydrogen) atoms. The molecule has 8 nitrogen and oxygen atoms in total. The summed E-state index contributed by atoms with van der Waals surface area (Å²) in [6.45, 7) is 4.67. The molecule has 1 aliphatic rings. The zero-order valence-electron chi connectivity index (χ0n) is 14.1. The molecule has 0 unspecified atom stereocenters. The number of hydrogen-bond donors (Lipinski definition) is 2. The number of carboxylic acid groups (broad SMARTS) is 1. The van der Waals surface area contributed by atoms with Crippen LogP contribution in [0.5, 0.6) is 0 Å². The van der Waals surface area contributed by atoms with E-state index in [0.717, 1.165) is 0 Å². The Morgan fingerprint density at radius 2 is 1.72 bits per heavy atom. The number of amides is 1. The van der Waals surface area contributed by atoms with Gasteiger partial charge in [0.15, 0.2) is 0 Å². The van der Waals surface area contributed by atoms with E-state index in [-0.39, 0.29) is 16.4 Å². The molecule has 9 heteroatoms. The minimum atomic E-state index is -3.63. The van der Waals surface area contributed by atoms with Gasteiger partial charge in [0.2, 0.25) is 10.0 Å². The fourth-order valence-corrected chi connectivity index (χ4v) is 3.86. The van der Waals surface area contributed by atoms with Crippen LogP contribution in [-0.2, 0) is 19.6 Å². The van der Waals surface area contributed by atoms with Crippen LogP contribution in [0.1, 0.15) is 24.2 Å². The molecule has 0 aliphatic carbocycles. The van der Waals surface area contributed by atoms with E-state index in [2.05, 4.69) is 5.32 Å². The van der Waals surface area contributed by atoms with Crippen LogP contribution in [-0.4, -0.2) is 62.1 Å². The van der Waals surface area contributed by atoms with E-state index < -0.39 is 27.9 Å². The molecule has 0 saturated carbocycles. The number of nitrogens with zero attached hydrogens (tertiary/aromatic N) is 1. The summed E-state index contributed by atoms with van der Waals surface area (Å²) in [5.41, 5.74) is 0.202. The van der Waals surface area contributed by atoms with Crippen LogP contribution < -0.4 is 5.32 Å². The van der Waals surface area contributed by atoms with Crippen LogP contribution in [0.25, 0.3) is 0 Å². The van der Waals surface area contributed by atoms with Gasteiger partial charge in [-0.25, -0.2) is 13.2 Å². The first-order valence-electron chi connectivity index (χ1n) is 7.95. The molecule has 1 aliphatic heterocycles. The third kappa shape index (κ3) is 4.56. The topological polar surface area (TPSA) is 113 Å². The summed E-state index contributed by atoms with van der Waals surface area (Å²) in [4.78, 5) is 23.4. The van der Waals surface area contributed by atoms with Crippen LogP contribution >= 0.6 is 0 Å². The van der Waals surface area contributed by atoms with Crippen molar-refractivity contribution in [3.8, 4) is 0 Å². The van der Waals surface area contributed by atoms with Gasteiger partial charge >= 0.3 is 5.97 Å². The van der Waals surface area contributed by atoms with Crippen molar-refractivity contribution in [2.45, 2.75) is 24.8 Å². The minimum Gasteiger partial charge on any atom is -0.480 e. The first kappa shape index (κ1) is 19.4. The smallest absolute Gasteiger partial charge is 0.326 e. The van der Waals surface area contributed by atoms with Gasteiger partial charge in [-0.2, -0.15) is 4.31 Å². The van der Waals surface area contributed by atoms with Crippen molar-refractivity contribution in [2.24, 2.45) is 5.92 Å². The fraction of sp³-hybridized carbons (Fsp3) is 0.500. The second kappa shape index (κ2) is 7.94. The number of sulfonamides is 1. The molecule has 1 atom stereocenters. The molecule has 2 rings (SSSR count). The van der Waals surface area contributed by atoms with E-state index in [4.69, 9.17) is 9.84 Å². The maximum atomic E-state index is 12.5. The van der Waals surface area contributed by atoms with Gasteiger partial charge in [0.1, 0.15) is 6.04 Å². The van der Waals surface area contributed by atoms with Crippen LogP contribution in [0.15, 0.2) is 29.2 Å². The molecule has 0 bridgehead atoms.